The van der Waals surface area contributed by atoms with Crippen LogP contribution in [0.3, 0.4) is 0 Å². The predicted molar refractivity (Wildman–Crippen MR) is 105 cm³/mol. The van der Waals surface area contributed by atoms with Gasteiger partial charge in [-0.25, -0.2) is 9.79 Å². The Kier molecular flexibility index (Phi) is 5.97. The van der Waals surface area contributed by atoms with Gasteiger partial charge in [0.15, 0.2) is 0 Å². The minimum Gasteiger partial charge on any atom is -0.739 e. The van der Waals surface area contributed by atoms with Crippen molar-refractivity contribution < 1.29 is 9.53 Å². The number of hydrogen-bond donors (Lipinski definition) is 4. The van der Waals surface area contributed by atoms with Gasteiger partial charge >= 0.3 is 6.03 Å². The van der Waals surface area contributed by atoms with Crippen LogP contribution in [0, 0.1) is 5.21 Å². The molecule has 0 bridgehead atoms. The molecule has 2 aromatic carbocycles. The van der Waals surface area contributed by atoms with Crippen molar-refractivity contribution >= 4 is 40.7 Å². The number of nitrogens with zero attached hydrogens (tertiary/aromatic N) is 2. The molecule has 0 saturated carbocycles. The van der Waals surface area contributed by atoms with Gasteiger partial charge in [-0.15, -0.1) is 0 Å². The molecule has 0 spiro atoms. The Labute approximate surface area is 160 Å². The van der Waals surface area contributed by atoms with Gasteiger partial charge in [-0.05, 0) is 37.2 Å². The highest BCUT2D eigenvalue weighted by molar-refractivity contribution is 6.33. The van der Waals surface area contributed by atoms with Gasteiger partial charge in [0, 0.05) is 6.07 Å². The largest absolute Gasteiger partial charge is 0.739 e. The van der Waals surface area contributed by atoms with Crippen molar-refractivity contribution in [2.45, 2.75) is 6.42 Å². The summed E-state index contributed by atoms with van der Waals surface area (Å²) in [5, 5.41) is 17.9. The molecule has 9 nitrogen and oxygen atoms in total. The minimum atomic E-state index is -0.616. The van der Waals surface area contributed by atoms with Gasteiger partial charge in [-0.2, -0.15) is 0 Å². The van der Waals surface area contributed by atoms with Crippen molar-refractivity contribution in [2.24, 2.45) is 10.7 Å². The van der Waals surface area contributed by atoms with Crippen LogP contribution in [0.2, 0.25) is 5.02 Å². The van der Waals surface area contributed by atoms with E-state index in [1.54, 1.807) is 42.5 Å². The molecule has 27 heavy (non-hydrogen) atoms. The lowest BCUT2D eigenvalue weighted by atomic mass is 10.2. The Bertz CT molecular complexity index is 860. The second-order valence-electron chi connectivity index (χ2n) is 5.57. The normalized spacial score (nSPS) is 12.6. The van der Waals surface area contributed by atoms with Crippen molar-refractivity contribution in [3.63, 3.8) is 0 Å². The third-order valence-electron chi connectivity index (χ3n) is 3.58. The summed E-state index contributed by atoms with van der Waals surface area (Å²) in [6, 6.07) is 11.0. The number of benzene rings is 2. The highest BCUT2D eigenvalue weighted by atomic mass is 35.5. The molecule has 0 unspecified atom stereocenters. The number of hydrazine groups is 1. The average molecular weight is 390 g/mol. The molecule has 2 amide bonds. The van der Waals surface area contributed by atoms with Crippen LogP contribution in [-0.4, -0.2) is 25.1 Å². The lowest BCUT2D eigenvalue weighted by molar-refractivity contribution is 0.256. The van der Waals surface area contributed by atoms with E-state index in [-0.39, 0.29) is 5.96 Å². The van der Waals surface area contributed by atoms with E-state index in [4.69, 9.17) is 22.1 Å². The third-order valence-corrected chi connectivity index (χ3v) is 3.90. The molecule has 2 aromatic rings. The summed E-state index contributed by atoms with van der Waals surface area (Å²) < 4.78 is 5.53. The SMILES string of the molecule is NCCCOc1ccc(Cl)c(NC(=O)NC2=Nc3ccccc3N([O-])N2)c1. The van der Waals surface area contributed by atoms with Crippen molar-refractivity contribution in [2.75, 3.05) is 23.6 Å². The molecule has 1 aliphatic rings. The number of fused-ring (bicyclic) bond motifs is 1. The smallest absolute Gasteiger partial charge is 0.326 e. The highest BCUT2D eigenvalue weighted by Gasteiger charge is 2.15. The number of carbonyl (C=O) groups excluding carboxylic acids is 1. The first-order valence-electron chi connectivity index (χ1n) is 8.19. The number of ether oxygens (including phenoxy) is 1. The Balaban J connectivity index is 1.66. The van der Waals surface area contributed by atoms with Crippen LogP contribution in [0.1, 0.15) is 6.42 Å². The quantitative estimate of drug-likeness (QED) is 0.582. The first-order chi connectivity index (χ1) is 13.1. The van der Waals surface area contributed by atoms with E-state index in [2.05, 4.69) is 21.1 Å². The zero-order valence-electron chi connectivity index (χ0n) is 14.2. The third kappa shape index (κ3) is 4.79. The van der Waals surface area contributed by atoms with Crippen molar-refractivity contribution in [3.8, 4) is 5.75 Å². The number of rotatable bonds is 5. The summed E-state index contributed by atoms with van der Waals surface area (Å²) in [6.07, 6.45) is 0.713. The molecular weight excluding hydrogens is 372 g/mol. The molecule has 10 heteroatoms. The zero-order valence-corrected chi connectivity index (χ0v) is 15.0. The van der Waals surface area contributed by atoms with E-state index in [1.165, 1.54) is 0 Å². The Hall–Kier alpha value is -3.01. The highest BCUT2D eigenvalue weighted by Crippen LogP contribution is 2.29. The topological polar surface area (TPSA) is 127 Å². The average Bonchev–Trinajstić information content (AvgIpc) is 2.64. The molecule has 0 saturated heterocycles. The zero-order chi connectivity index (χ0) is 19.2. The molecule has 1 aliphatic heterocycles. The van der Waals surface area contributed by atoms with E-state index in [1.807, 2.05) is 0 Å². The summed E-state index contributed by atoms with van der Waals surface area (Å²) in [7, 11) is 0. The number of halogens is 1. The van der Waals surface area contributed by atoms with E-state index in [0.29, 0.717) is 52.6 Å². The lowest BCUT2D eigenvalue weighted by Crippen LogP contribution is -2.50. The van der Waals surface area contributed by atoms with Crippen LogP contribution in [0.5, 0.6) is 5.75 Å². The van der Waals surface area contributed by atoms with Gasteiger partial charge in [-0.3, -0.25) is 10.7 Å². The monoisotopic (exact) mass is 389 g/mol. The number of hydrogen-bond acceptors (Lipinski definition) is 7. The number of aliphatic imine (C=N–C) groups is 1. The molecule has 0 radical (unpaired) electrons. The van der Waals surface area contributed by atoms with E-state index < -0.39 is 6.03 Å². The second-order valence-corrected chi connectivity index (χ2v) is 5.97. The number of para-hydroxylation sites is 2. The number of nitrogens with two attached hydrogens (primary N) is 1. The predicted octanol–water partition coefficient (Wildman–Crippen LogP) is 2.70. The lowest BCUT2D eigenvalue weighted by Gasteiger charge is -2.35. The number of nitrogens with one attached hydrogen (secondary N) is 3. The summed E-state index contributed by atoms with van der Waals surface area (Å²) >= 11 is 6.11. The van der Waals surface area contributed by atoms with Crippen LogP contribution in [-0.2, 0) is 0 Å². The van der Waals surface area contributed by atoms with Crippen LogP contribution in [0.4, 0.5) is 21.9 Å². The van der Waals surface area contributed by atoms with Gasteiger partial charge in [0.25, 0.3) is 0 Å². The van der Waals surface area contributed by atoms with Gasteiger partial charge in [-0.1, -0.05) is 23.7 Å². The fraction of sp³-hybridized carbons (Fsp3) is 0.176. The van der Waals surface area contributed by atoms with Gasteiger partial charge < -0.3 is 26.2 Å². The van der Waals surface area contributed by atoms with E-state index >= 15 is 0 Å². The van der Waals surface area contributed by atoms with Gasteiger partial charge in [0.2, 0.25) is 5.96 Å². The summed E-state index contributed by atoms with van der Waals surface area (Å²) in [6.45, 7) is 0.985. The van der Waals surface area contributed by atoms with Crippen molar-refractivity contribution in [1.82, 2.24) is 10.7 Å². The molecular formula is C17H18ClN6O3-. The molecule has 1 heterocycles. The first kappa shape index (κ1) is 18.8. The molecule has 3 rings (SSSR count). The molecule has 0 atom stereocenters. The maximum Gasteiger partial charge on any atom is 0.326 e. The second kappa shape index (κ2) is 8.58. The fourth-order valence-electron chi connectivity index (χ4n) is 2.31. The maximum absolute atomic E-state index is 12.2. The van der Waals surface area contributed by atoms with Crippen LogP contribution < -0.4 is 31.7 Å². The van der Waals surface area contributed by atoms with Crippen molar-refractivity contribution in [3.05, 3.63) is 52.7 Å². The number of guanidine groups is 1. The fourth-order valence-corrected chi connectivity index (χ4v) is 2.48. The molecule has 142 valence electrons. The number of anilines is 2. The Morgan fingerprint density at radius 2 is 2.11 bits per heavy atom. The van der Waals surface area contributed by atoms with Gasteiger partial charge in [0.05, 0.1) is 28.7 Å². The Morgan fingerprint density at radius 1 is 1.30 bits per heavy atom. The number of urea groups is 1. The summed E-state index contributed by atoms with van der Waals surface area (Å²) in [5.41, 5.74) is 9.02. The Morgan fingerprint density at radius 3 is 2.93 bits per heavy atom. The first-order valence-corrected chi connectivity index (χ1v) is 8.56. The van der Waals surface area contributed by atoms with Gasteiger partial charge in [0.1, 0.15) is 5.75 Å². The minimum absolute atomic E-state index is 0.00678. The van der Waals surface area contributed by atoms with E-state index in [9.17, 15) is 10.0 Å². The van der Waals surface area contributed by atoms with Crippen molar-refractivity contribution in [1.29, 1.82) is 0 Å². The molecule has 0 aliphatic carbocycles. The number of carbonyl (C=O) groups is 1. The van der Waals surface area contributed by atoms with Crippen LogP contribution in [0.15, 0.2) is 47.5 Å². The summed E-state index contributed by atoms with van der Waals surface area (Å²) in [5.74, 6) is 0.545. The standard InChI is InChI=1S/C17H18ClN6O3/c18-12-7-6-11(27-9-3-8-19)10-14(12)21-17(25)22-16-20-13-4-1-2-5-15(13)24(26)23-16/h1-2,4-7,10H,3,8-9,19H2,(H3,20,21,22,23,25)/q-1. The molecule has 0 aromatic heterocycles. The summed E-state index contributed by atoms with van der Waals surface area (Å²) in [4.78, 5) is 16.4. The van der Waals surface area contributed by atoms with Crippen LogP contribution in [0.25, 0.3) is 0 Å². The number of amides is 2. The molecule has 5 N–H and O–H groups in total. The maximum atomic E-state index is 12.2. The molecule has 0 fully saturated rings. The van der Waals surface area contributed by atoms with Crippen LogP contribution >= 0.6 is 11.6 Å². The van der Waals surface area contributed by atoms with E-state index in [0.717, 1.165) is 0 Å².